The van der Waals surface area contributed by atoms with Crippen LogP contribution in [0.1, 0.15) is 48.6 Å². The second kappa shape index (κ2) is 9.41. The molecule has 0 N–H and O–H groups in total. The van der Waals surface area contributed by atoms with Crippen LogP contribution in [0.5, 0.6) is 0 Å². The van der Waals surface area contributed by atoms with E-state index in [1.54, 1.807) is 10.6 Å². The third-order valence-corrected chi connectivity index (χ3v) is 5.78. The maximum atomic E-state index is 13.6. The number of aromatic nitrogens is 2. The van der Waals surface area contributed by atoms with E-state index in [2.05, 4.69) is 13.8 Å². The molecule has 0 aliphatic heterocycles. The summed E-state index contributed by atoms with van der Waals surface area (Å²) < 4.78 is 1.64. The van der Waals surface area contributed by atoms with Crippen molar-refractivity contribution < 1.29 is 4.79 Å². The van der Waals surface area contributed by atoms with Gasteiger partial charge >= 0.3 is 0 Å². The molecule has 1 heterocycles. The Morgan fingerprint density at radius 1 is 0.909 bits per heavy atom. The number of rotatable bonds is 6. The first kappa shape index (κ1) is 22.5. The quantitative estimate of drug-likeness (QED) is 0.396. The molecule has 0 radical (unpaired) electrons. The molecule has 33 heavy (non-hydrogen) atoms. The summed E-state index contributed by atoms with van der Waals surface area (Å²) in [6, 6.07) is 24.0. The summed E-state index contributed by atoms with van der Waals surface area (Å²) in [5.41, 5.74) is 2.95. The summed E-state index contributed by atoms with van der Waals surface area (Å²) in [6.45, 7) is 8.66. The molecule has 0 spiro atoms. The number of aryl methyl sites for hydroxylation is 1. The molecule has 4 rings (SSSR count). The highest BCUT2D eigenvalue weighted by molar-refractivity contribution is 5.94. The molecule has 3 aromatic carbocycles. The molecule has 5 heteroatoms. The lowest BCUT2D eigenvalue weighted by molar-refractivity contribution is 0.0655. The van der Waals surface area contributed by atoms with Crippen LogP contribution in [-0.2, 0) is 0 Å². The fraction of sp³-hybridized carbons (Fsp3) is 0.250. The number of hydrogen-bond donors (Lipinski definition) is 0. The molecule has 1 amide bonds. The van der Waals surface area contributed by atoms with Gasteiger partial charge in [0.05, 0.1) is 22.6 Å². The maximum Gasteiger partial charge on any atom is 0.266 e. The van der Waals surface area contributed by atoms with Crippen LogP contribution in [0.4, 0.5) is 0 Å². The average Bonchev–Trinajstić information content (AvgIpc) is 2.82. The summed E-state index contributed by atoms with van der Waals surface area (Å²) in [4.78, 5) is 33.9. The van der Waals surface area contributed by atoms with Crippen molar-refractivity contribution in [2.45, 2.75) is 33.7 Å². The van der Waals surface area contributed by atoms with Gasteiger partial charge in [-0.15, -0.1) is 0 Å². The predicted octanol–water partition coefficient (Wildman–Crippen LogP) is 5.55. The van der Waals surface area contributed by atoms with E-state index in [-0.39, 0.29) is 17.4 Å². The normalized spacial score (nSPS) is 12.2. The van der Waals surface area contributed by atoms with Gasteiger partial charge in [-0.3, -0.25) is 14.2 Å². The van der Waals surface area contributed by atoms with Gasteiger partial charge in [-0.05, 0) is 56.2 Å². The molecule has 168 valence electrons. The number of benzene rings is 3. The number of carbonyl (C=O) groups is 1. The van der Waals surface area contributed by atoms with Gasteiger partial charge in [-0.25, -0.2) is 4.98 Å². The Kier molecular flexibility index (Phi) is 6.40. The number of nitrogens with zero attached hydrogens (tertiary/aromatic N) is 3. The van der Waals surface area contributed by atoms with Gasteiger partial charge in [0.25, 0.3) is 11.5 Å². The third-order valence-electron chi connectivity index (χ3n) is 5.78. The number of fused-ring (bicyclic) bond motifs is 1. The first-order valence-electron chi connectivity index (χ1n) is 11.3. The SMILES string of the molecule is Cc1ccc(C(=O)N(CC(C)C)C(C)c2nc3ccccc3c(=O)n2-c2ccccc2)cc1. The monoisotopic (exact) mass is 439 g/mol. The second-order valence-electron chi connectivity index (χ2n) is 8.86. The largest absolute Gasteiger partial charge is 0.328 e. The van der Waals surface area contributed by atoms with E-state index in [9.17, 15) is 9.59 Å². The van der Waals surface area contributed by atoms with Crippen molar-refractivity contribution in [3.63, 3.8) is 0 Å². The fourth-order valence-electron chi connectivity index (χ4n) is 4.07. The Balaban J connectivity index is 1.90. The number of para-hydroxylation sites is 2. The Morgan fingerprint density at radius 2 is 1.55 bits per heavy atom. The van der Waals surface area contributed by atoms with Crippen LogP contribution in [0, 0.1) is 12.8 Å². The molecule has 0 fully saturated rings. The van der Waals surface area contributed by atoms with Gasteiger partial charge in [-0.2, -0.15) is 0 Å². The molecule has 5 nitrogen and oxygen atoms in total. The molecule has 1 unspecified atom stereocenters. The predicted molar refractivity (Wildman–Crippen MR) is 133 cm³/mol. The van der Waals surface area contributed by atoms with E-state index < -0.39 is 6.04 Å². The first-order chi connectivity index (χ1) is 15.9. The van der Waals surface area contributed by atoms with Crippen molar-refractivity contribution in [2.75, 3.05) is 6.54 Å². The minimum Gasteiger partial charge on any atom is -0.328 e. The zero-order chi connectivity index (χ0) is 23.5. The summed E-state index contributed by atoms with van der Waals surface area (Å²) in [6.07, 6.45) is 0. The van der Waals surface area contributed by atoms with E-state index in [4.69, 9.17) is 4.98 Å². The molecule has 0 saturated carbocycles. The molecule has 0 bridgehead atoms. The van der Waals surface area contributed by atoms with Crippen LogP contribution in [0.3, 0.4) is 0 Å². The molecule has 0 aliphatic carbocycles. The van der Waals surface area contributed by atoms with Crippen molar-refractivity contribution in [1.82, 2.24) is 14.5 Å². The average molecular weight is 440 g/mol. The highest BCUT2D eigenvalue weighted by Crippen LogP contribution is 2.25. The zero-order valence-electron chi connectivity index (χ0n) is 19.5. The lowest BCUT2D eigenvalue weighted by Crippen LogP contribution is -2.39. The Morgan fingerprint density at radius 3 is 2.21 bits per heavy atom. The first-order valence-corrected chi connectivity index (χ1v) is 11.3. The summed E-state index contributed by atoms with van der Waals surface area (Å²) >= 11 is 0. The maximum absolute atomic E-state index is 13.6. The van der Waals surface area contributed by atoms with Crippen molar-refractivity contribution in [3.05, 3.63) is 106 Å². The molecule has 1 aromatic heterocycles. The zero-order valence-corrected chi connectivity index (χ0v) is 19.5. The molecule has 0 aliphatic rings. The highest BCUT2D eigenvalue weighted by Gasteiger charge is 2.28. The minimum atomic E-state index is -0.418. The van der Waals surface area contributed by atoms with E-state index in [0.29, 0.717) is 28.8 Å². The highest BCUT2D eigenvalue weighted by atomic mass is 16.2. The van der Waals surface area contributed by atoms with Gasteiger partial charge in [-0.1, -0.05) is 61.9 Å². The molecular weight excluding hydrogens is 410 g/mol. The van der Waals surface area contributed by atoms with Crippen LogP contribution >= 0.6 is 0 Å². The number of amides is 1. The smallest absolute Gasteiger partial charge is 0.266 e. The molecule has 0 saturated heterocycles. The van der Waals surface area contributed by atoms with Crippen LogP contribution in [0.25, 0.3) is 16.6 Å². The van der Waals surface area contributed by atoms with E-state index in [0.717, 1.165) is 11.3 Å². The molecular formula is C28H29N3O2. The Hall–Kier alpha value is -3.73. The second-order valence-corrected chi connectivity index (χ2v) is 8.86. The van der Waals surface area contributed by atoms with E-state index >= 15 is 0 Å². The van der Waals surface area contributed by atoms with Crippen molar-refractivity contribution in [2.24, 2.45) is 5.92 Å². The van der Waals surface area contributed by atoms with Gasteiger partial charge in [0.1, 0.15) is 5.82 Å². The molecule has 4 aromatic rings. The summed E-state index contributed by atoms with van der Waals surface area (Å²) in [7, 11) is 0. The van der Waals surface area contributed by atoms with Gasteiger partial charge < -0.3 is 4.90 Å². The topological polar surface area (TPSA) is 55.2 Å². The van der Waals surface area contributed by atoms with Crippen LogP contribution < -0.4 is 5.56 Å². The summed E-state index contributed by atoms with van der Waals surface area (Å²) in [5.74, 6) is 0.725. The van der Waals surface area contributed by atoms with Crippen LogP contribution in [0.15, 0.2) is 83.7 Å². The Bertz CT molecular complexity index is 1330. The van der Waals surface area contributed by atoms with Crippen molar-refractivity contribution >= 4 is 16.8 Å². The van der Waals surface area contributed by atoms with Crippen LogP contribution in [0.2, 0.25) is 0 Å². The van der Waals surface area contributed by atoms with Gasteiger partial charge in [0, 0.05) is 12.1 Å². The standard InChI is InChI=1S/C28H29N3O2/c1-19(2)18-30(27(32)22-16-14-20(3)15-17-22)21(4)26-29-25-13-9-8-12-24(25)28(33)31(26)23-10-6-5-7-11-23/h5-17,19,21H,18H2,1-4H3. The van der Waals surface area contributed by atoms with Crippen molar-refractivity contribution in [1.29, 1.82) is 0 Å². The van der Waals surface area contributed by atoms with Crippen LogP contribution in [-0.4, -0.2) is 26.9 Å². The number of hydrogen-bond acceptors (Lipinski definition) is 3. The van der Waals surface area contributed by atoms with E-state index in [1.807, 2.05) is 91.5 Å². The third kappa shape index (κ3) is 4.58. The van der Waals surface area contributed by atoms with Gasteiger partial charge in [0.15, 0.2) is 0 Å². The fourth-order valence-corrected chi connectivity index (χ4v) is 4.07. The van der Waals surface area contributed by atoms with E-state index in [1.165, 1.54) is 0 Å². The number of carbonyl (C=O) groups excluding carboxylic acids is 1. The van der Waals surface area contributed by atoms with Crippen molar-refractivity contribution in [3.8, 4) is 5.69 Å². The lowest BCUT2D eigenvalue weighted by atomic mass is 10.1. The van der Waals surface area contributed by atoms with Gasteiger partial charge in [0.2, 0.25) is 0 Å². The minimum absolute atomic E-state index is 0.0711. The summed E-state index contributed by atoms with van der Waals surface area (Å²) in [5, 5.41) is 0.553. The molecule has 1 atom stereocenters. The lowest BCUT2D eigenvalue weighted by Gasteiger charge is -2.32. The Labute approximate surface area is 194 Å².